The molecule has 0 bridgehead atoms. The van der Waals surface area contributed by atoms with Gasteiger partial charge in [-0.1, -0.05) is 69.3 Å². The lowest BCUT2D eigenvalue weighted by atomic mass is 9.88. The van der Waals surface area contributed by atoms with Crippen LogP contribution in [0.25, 0.3) is 11.1 Å². The fourth-order valence-electron chi connectivity index (χ4n) is 2.54. The Balaban J connectivity index is 1.96. The molecule has 23 heavy (non-hydrogen) atoms. The summed E-state index contributed by atoms with van der Waals surface area (Å²) in [5.41, 5.74) is 5.81. The number of rotatable bonds is 3. The molecule has 0 fully saturated rings. The molecule has 0 radical (unpaired) electrons. The van der Waals surface area contributed by atoms with Crippen molar-refractivity contribution in [1.29, 1.82) is 0 Å². The second-order valence-corrected chi connectivity index (χ2v) is 6.75. The zero-order valence-electron chi connectivity index (χ0n) is 13.9. The molecule has 0 aliphatic heterocycles. The summed E-state index contributed by atoms with van der Waals surface area (Å²) in [5, 5.41) is 3.52. The predicted molar refractivity (Wildman–Crippen MR) is 98.1 cm³/mol. The van der Waals surface area contributed by atoms with Crippen LogP contribution >= 0.6 is 0 Å². The van der Waals surface area contributed by atoms with Gasteiger partial charge in [-0.15, -0.1) is 0 Å². The molecular weight excluding hydrogens is 280 g/mol. The Kier molecular flexibility index (Phi) is 4.16. The van der Waals surface area contributed by atoms with Crippen molar-refractivity contribution in [1.82, 2.24) is 4.98 Å². The zero-order valence-corrected chi connectivity index (χ0v) is 13.9. The molecule has 3 aromatic rings. The standard InChI is InChI=1S/C21H22N2/c1-21(2,3)17-13-18(15-22-14-17)23-20-12-8-7-11-19(20)16-9-5-4-6-10-16/h4-15,23H,1-3H3. The highest BCUT2D eigenvalue weighted by Crippen LogP contribution is 2.31. The monoisotopic (exact) mass is 302 g/mol. The number of pyridine rings is 1. The van der Waals surface area contributed by atoms with Gasteiger partial charge in [0.2, 0.25) is 0 Å². The number of hydrogen-bond donors (Lipinski definition) is 1. The van der Waals surface area contributed by atoms with E-state index in [0.29, 0.717) is 0 Å². The maximum absolute atomic E-state index is 4.39. The fourth-order valence-corrected chi connectivity index (χ4v) is 2.54. The predicted octanol–water partition coefficient (Wildman–Crippen LogP) is 5.79. The first kappa shape index (κ1) is 15.3. The Hall–Kier alpha value is -2.61. The van der Waals surface area contributed by atoms with Crippen LogP contribution in [0.2, 0.25) is 0 Å². The minimum absolute atomic E-state index is 0.0869. The highest BCUT2D eigenvalue weighted by atomic mass is 14.9. The summed E-state index contributed by atoms with van der Waals surface area (Å²) in [4.78, 5) is 4.39. The van der Waals surface area contributed by atoms with Crippen molar-refractivity contribution in [3.8, 4) is 11.1 Å². The number of aromatic nitrogens is 1. The minimum atomic E-state index is 0.0869. The van der Waals surface area contributed by atoms with Gasteiger partial charge < -0.3 is 5.32 Å². The summed E-state index contributed by atoms with van der Waals surface area (Å²) >= 11 is 0. The van der Waals surface area contributed by atoms with E-state index < -0.39 is 0 Å². The third-order valence-corrected chi connectivity index (χ3v) is 3.90. The molecule has 0 amide bonds. The fraction of sp³-hybridized carbons (Fsp3) is 0.190. The van der Waals surface area contributed by atoms with E-state index in [1.807, 2.05) is 18.5 Å². The van der Waals surface area contributed by atoms with Gasteiger partial charge in [0.25, 0.3) is 0 Å². The van der Waals surface area contributed by atoms with Gasteiger partial charge in [-0.3, -0.25) is 4.98 Å². The van der Waals surface area contributed by atoms with Crippen molar-refractivity contribution in [3.05, 3.63) is 78.6 Å². The Labute approximate surface area is 138 Å². The van der Waals surface area contributed by atoms with E-state index in [0.717, 1.165) is 11.4 Å². The maximum atomic E-state index is 4.39. The molecule has 0 spiro atoms. The van der Waals surface area contributed by atoms with E-state index in [9.17, 15) is 0 Å². The van der Waals surface area contributed by atoms with Gasteiger partial charge in [-0.2, -0.15) is 0 Å². The molecule has 2 aromatic carbocycles. The smallest absolute Gasteiger partial charge is 0.0573 e. The molecule has 0 unspecified atom stereocenters. The Morgan fingerprint density at radius 3 is 2.26 bits per heavy atom. The van der Waals surface area contributed by atoms with Crippen molar-refractivity contribution >= 4 is 11.4 Å². The quantitative estimate of drug-likeness (QED) is 0.662. The summed E-state index contributed by atoms with van der Waals surface area (Å²) in [6.07, 6.45) is 3.81. The normalized spacial score (nSPS) is 11.3. The van der Waals surface area contributed by atoms with E-state index >= 15 is 0 Å². The van der Waals surface area contributed by atoms with Crippen molar-refractivity contribution < 1.29 is 0 Å². The highest BCUT2D eigenvalue weighted by molar-refractivity contribution is 5.80. The van der Waals surface area contributed by atoms with E-state index in [4.69, 9.17) is 0 Å². The molecule has 1 aromatic heterocycles. The third kappa shape index (κ3) is 3.59. The van der Waals surface area contributed by atoms with E-state index in [1.54, 1.807) is 0 Å². The Morgan fingerprint density at radius 2 is 1.52 bits per heavy atom. The number of hydrogen-bond acceptors (Lipinski definition) is 2. The first-order chi connectivity index (χ1) is 11.0. The molecule has 2 heteroatoms. The summed E-state index contributed by atoms with van der Waals surface area (Å²) in [6, 6.07) is 21.0. The molecule has 116 valence electrons. The van der Waals surface area contributed by atoms with Crippen molar-refractivity contribution in [2.75, 3.05) is 5.32 Å². The van der Waals surface area contributed by atoms with Gasteiger partial charge in [-0.25, -0.2) is 0 Å². The van der Waals surface area contributed by atoms with Crippen molar-refractivity contribution in [2.24, 2.45) is 0 Å². The molecular formula is C21H22N2. The summed E-state index contributed by atoms with van der Waals surface area (Å²) in [6.45, 7) is 6.60. The average Bonchev–Trinajstić information content (AvgIpc) is 2.56. The second-order valence-electron chi connectivity index (χ2n) is 6.75. The first-order valence-corrected chi connectivity index (χ1v) is 7.91. The lowest BCUT2D eigenvalue weighted by Gasteiger charge is -2.20. The molecule has 0 aliphatic carbocycles. The van der Waals surface area contributed by atoms with Crippen LogP contribution < -0.4 is 5.32 Å². The van der Waals surface area contributed by atoms with Gasteiger partial charge in [-0.05, 0) is 28.7 Å². The van der Waals surface area contributed by atoms with Crippen LogP contribution in [0.15, 0.2) is 73.1 Å². The highest BCUT2D eigenvalue weighted by Gasteiger charge is 2.14. The van der Waals surface area contributed by atoms with Gasteiger partial charge in [0.15, 0.2) is 0 Å². The van der Waals surface area contributed by atoms with E-state index in [2.05, 4.69) is 85.7 Å². The van der Waals surface area contributed by atoms with Crippen molar-refractivity contribution in [2.45, 2.75) is 26.2 Å². The third-order valence-electron chi connectivity index (χ3n) is 3.90. The molecule has 3 rings (SSSR count). The molecule has 1 heterocycles. The number of nitrogens with one attached hydrogen (secondary N) is 1. The van der Waals surface area contributed by atoms with Crippen LogP contribution in [-0.4, -0.2) is 4.98 Å². The van der Waals surface area contributed by atoms with Crippen LogP contribution in [0.1, 0.15) is 26.3 Å². The van der Waals surface area contributed by atoms with Crippen molar-refractivity contribution in [3.63, 3.8) is 0 Å². The number of nitrogens with zero attached hydrogens (tertiary/aromatic N) is 1. The SMILES string of the molecule is CC(C)(C)c1cncc(Nc2ccccc2-c2ccccc2)c1. The molecule has 0 saturated heterocycles. The molecule has 0 atom stereocenters. The molecule has 1 N–H and O–H groups in total. The van der Waals surface area contributed by atoms with Crippen LogP contribution in [0.5, 0.6) is 0 Å². The second kappa shape index (κ2) is 6.25. The first-order valence-electron chi connectivity index (χ1n) is 7.91. The van der Waals surface area contributed by atoms with E-state index in [1.165, 1.54) is 16.7 Å². The summed E-state index contributed by atoms with van der Waals surface area (Å²) < 4.78 is 0. The Morgan fingerprint density at radius 1 is 0.826 bits per heavy atom. The maximum Gasteiger partial charge on any atom is 0.0573 e. The lowest BCUT2D eigenvalue weighted by molar-refractivity contribution is 0.588. The van der Waals surface area contributed by atoms with Gasteiger partial charge in [0.1, 0.15) is 0 Å². The van der Waals surface area contributed by atoms with Crippen LogP contribution in [0.4, 0.5) is 11.4 Å². The van der Waals surface area contributed by atoms with E-state index in [-0.39, 0.29) is 5.41 Å². The van der Waals surface area contributed by atoms with Gasteiger partial charge in [0.05, 0.1) is 11.9 Å². The van der Waals surface area contributed by atoms with Gasteiger partial charge in [0, 0.05) is 17.4 Å². The number of para-hydroxylation sites is 1. The van der Waals surface area contributed by atoms with Crippen LogP contribution in [-0.2, 0) is 5.41 Å². The summed E-state index contributed by atoms with van der Waals surface area (Å²) in [5.74, 6) is 0. The molecule has 0 aliphatic rings. The Bertz CT molecular complexity index is 786. The number of anilines is 2. The van der Waals surface area contributed by atoms with Crippen LogP contribution in [0.3, 0.4) is 0 Å². The lowest BCUT2D eigenvalue weighted by Crippen LogP contribution is -2.11. The zero-order chi connectivity index (χ0) is 16.3. The number of benzene rings is 2. The molecule has 0 saturated carbocycles. The summed E-state index contributed by atoms with van der Waals surface area (Å²) in [7, 11) is 0. The van der Waals surface area contributed by atoms with Gasteiger partial charge >= 0.3 is 0 Å². The average molecular weight is 302 g/mol. The topological polar surface area (TPSA) is 24.9 Å². The van der Waals surface area contributed by atoms with Crippen LogP contribution in [0, 0.1) is 0 Å². The molecule has 2 nitrogen and oxygen atoms in total. The largest absolute Gasteiger partial charge is 0.354 e. The minimum Gasteiger partial charge on any atom is -0.354 e.